The first-order chi connectivity index (χ1) is 7.54. The second kappa shape index (κ2) is 6.97. The lowest BCUT2D eigenvalue weighted by atomic mass is 10.2. The van der Waals surface area contributed by atoms with Gasteiger partial charge in [-0.25, -0.2) is 0 Å². The van der Waals surface area contributed by atoms with Crippen LogP contribution in [0.15, 0.2) is 18.2 Å². The molecule has 0 saturated heterocycles. The number of hydrogen-bond acceptors (Lipinski definition) is 5. The van der Waals surface area contributed by atoms with Crippen LogP contribution in [0.3, 0.4) is 0 Å². The first-order valence-electron chi connectivity index (χ1n) is 4.32. The number of halogens is 1. The van der Waals surface area contributed by atoms with E-state index in [2.05, 4.69) is 0 Å². The van der Waals surface area contributed by atoms with E-state index in [0.717, 1.165) is 17.3 Å². The fraction of sp³-hybridized carbons (Fsp3) is 0.222. The van der Waals surface area contributed by atoms with Gasteiger partial charge in [0.25, 0.3) is 0 Å². The van der Waals surface area contributed by atoms with Gasteiger partial charge in [0.15, 0.2) is 10.9 Å². The quantitative estimate of drug-likeness (QED) is 0.309. The highest BCUT2D eigenvalue weighted by Crippen LogP contribution is 2.28. The zero-order valence-corrected chi connectivity index (χ0v) is 10.5. The minimum absolute atomic E-state index is 0. The number of hydrogen-bond donors (Lipinski definition) is 2. The molecule has 0 spiro atoms. The minimum Gasteiger partial charge on any atom is -1.00 e. The van der Waals surface area contributed by atoms with E-state index in [1.165, 1.54) is 19.2 Å². The number of nitrogens with two attached hydrogens (primary N) is 1. The average Bonchev–Trinajstić information content (AvgIpc) is 2.25. The van der Waals surface area contributed by atoms with Crippen molar-refractivity contribution in [2.45, 2.75) is 5.75 Å². The van der Waals surface area contributed by atoms with Crippen molar-refractivity contribution in [3.05, 3.63) is 33.9 Å². The number of benzene rings is 1. The number of methoxy groups -OCH3 is 1. The highest BCUT2D eigenvalue weighted by molar-refractivity contribution is 8.13. The Balaban J connectivity index is 0.00000256. The van der Waals surface area contributed by atoms with Crippen molar-refractivity contribution in [2.24, 2.45) is 5.73 Å². The lowest BCUT2D eigenvalue weighted by Gasteiger charge is -2.04. The first-order valence-corrected chi connectivity index (χ1v) is 5.31. The molecule has 0 heterocycles. The Bertz CT molecular complexity index is 428. The van der Waals surface area contributed by atoms with E-state index in [1.807, 2.05) is 0 Å². The predicted octanol–water partition coefficient (Wildman–Crippen LogP) is -1.27. The van der Waals surface area contributed by atoms with Gasteiger partial charge >= 0.3 is 5.69 Å². The minimum atomic E-state index is -0.499. The smallest absolute Gasteiger partial charge is 0.311 e. The molecule has 0 bridgehead atoms. The van der Waals surface area contributed by atoms with Gasteiger partial charge in [-0.1, -0.05) is 17.8 Å². The van der Waals surface area contributed by atoms with Crippen molar-refractivity contribution in [2.75, 3.05) is 7.11 Å². The van der Waals surface area contributed by atoms with E-state index in [9.17, 15) is 10.1 Å². The summed E-state index contributed by atoms with van der Waals surface area (Å²) in [4.78, 5) is 10.2. The van der Waals surface area contributed by atoms with Crippen LogP contribution in [0, 0.1) is 15.5 Å². The summed E-state index contributed by atoms with van der Waals surface area (Å²) in [6, 6.07) is 4.67. The van der Waals surface area contributed by atoms with Crippen LogP contribution in [0.25, 0.3) is 0 Å². The number of amidine groups is 1. The van der Waals surface area contributed by atoms with E-state index in [4.69, 9.17) is 15.9 Å². The van der Waals surface area contributed by atoms with Crippen LogP contribution in [0.2, 0.25) is 0 Å². The molecule has 1 aromatic carbocycles. The molecule has 0 atom stereocenters. The molecule has 6 nitrogen and oxygen atoms in total. The third-order valence-electron chi connectivity index (χ3n) is 1.83. The molecule has 0 radical (unpaired) electrons. The van der Waals surface area contributed by atoms with Gasteiger partial charge in [0.2, 0.25) is 0 Å². The van der Waals surface area contributed by atoms with E-state index in [0.29, 0.717) is 5.75 Å². The van der Waals surface area contributed by atoms with Gasteiger partial charge in [-0.2, -0.15) is 0 Å². The number of nitro benzene ring substituents is 1. The second-order valence-electron chi connectivity index (χ2n) is 2.92. The molecule has 0 aromatic heterocycles. The lowest BCUT2D eigenvalue weighted by molar-refractivity contribution is -0.385. The summed E-state index contributed by atoms with van der Waals surface area (Å²) in [6.07, 6.45) is 0. The molecular formula is C9H11ClN3O3S-. The van der Waals surface area contributed by atoms with Crippen LogP contribution in [-0.2, 0) is 5.75 Å². The van der Waals surface area contributed by atoms with Crippen LogP contribution < -0.4 is 22.9 Å². The Kier molecular flexibility index (Phi) is 6.37. The molecule has 0 aliphatic rings. The largest absolute Gasteiger partial charge is 1.00 e. The Morgan fingerprint density at radius 3 is 2.76 bits per heavy atom. The summed E-state index contributed by atoms with van der Waals surface area (Å²) in [6.45, 7) is 0. The van der Waals surface area contributed by atoms with Gasteiger partial charge < -0.3 is 22.9 Å². The third kappa shape index (κ3) is 4.49. The maximum Gasteiger partial charge on any atom is 0.311 e. The Hall–Kier alpha value is -1.47. The van der Waals surface area contributed by atoms with Crippen LogP contribution in [-0.4, -0.2) is 17.2 Å². The monoisotopic (exact) mass is 276 g/mol. The van der Waals surface area contributed by atoms with Crippen molar-refractivity contribution in [3.63, 3.8) is 0 Å². The highest BCUT2D eigenvalue weighted by Gasteiger charge is 2.14. The molecule has 3 N–H and O–H groups in total. The molecule has 1 aromatic rings. The molecule has 0 unspecified atom stereocenters. The summed E-state index contributed by atoms with van der Waals surface area (Å²) < 4.78 is 4.87. The zero-order chi connectivity index (χ0) is 12.1. The molecule has 8 heteroatoms. The fourth-order valence-electron chi connectivity index (χ4n) is 1.13. The van der Waals surface area contributed by atoms with E-state index in [-0.39, 0.29) is 29.0 Å². The van der Waals surface area contributed by atoms with Crippen molar-refractivity contribution in [1.29, 1.82) is 5.41 Å². The number of rotatable bonds is 4. The van der Waals surface area contributed by atoms with E-state index >= 15 is 0 Å². The third-order valence-corrected chi connectivity index (χ3v) is 2.62. The topological polar surface area (TPSA) is 102 Å². The number of nitrogens with one attached hydrogen (secondary N) is 1. The van der Waals surface area contributed by atoms with E-state index < -0.39 is 4.92 Å². The van der Waals surface area contributed by atoms with Crippen molar-refractivity contribution in [1.82, 2.24) is 0 Å². The second-order valence-corrected chi connectivity index (χ2v) is 3.93. The molecule has 17 heavy (non-hydrogen) atoms. The summed E-state index contributed by atoms with van der Waals surface area (Å²) in [7, 11) is 1.38. The number of ether oxygens (including phenoxy) is 1. The summed E-state index contributed by atoms with van der Waals surface area (Å²) in [5, 5.41) is 17.7. The van der Waals surface area contributed by atoms with Gasteiger partial charge in [-0.15, -0.1) is 0 Å². The molecular weight excluding hydrogens is 266 g/mol. The van der Waals surface area contributed by atoms with Crippen molar-refractivity contribution in [3.8, 4) is 5.75 Å². The molecule has 94 valence electrons. The highest BCUT2D eigenvalue weighted by atomic mass is 35.5. The standard InChI is InChI=1S/C9H11N3O3S.ClH/c1-15-8-3-2-6(5-16-9(10)11)4-7(8)12(13)14;/h2-4H,5H2,1H3,(H3,10,11);1H/p-1. The molecule has 0 aliphatic heterocycles. The predicted molar refractivity (Wildman–Crippen MR) is 62.9 cm³/mol. The maximum atomic E-state index is 10.7. The maximum absolute atomic E-state index is 10.7. The Morgan fingerprint density at radius 1 is 1.65 bits per heavy atom. The van der Waals surface area contributed by atoms with Crippen molar-refractivity contribution >= 4 is 22.6 Å². The molecule has 0 aliphatic carbocycles. The Morgan fingerprint density at radius 2 is 2.29 bits per heavy atom. The van der Waals surface area contributed by atoms with Gasteiger partial charge in [-0.05, 0) is 11.6 Å². The van der Waals surface area contributed by atoms with Crippen LogP contribution in [0.5, 0.6) is 5.75 Å². The molecule has 0 fully saturated rings. The summed E-state index contributed by atoms with van der Waals surface area (Å²) in [5.41, 5.74) is 5.83. The first kappa shape index (κ1) is 15.5. The normalized spacial score (nSPS) is 9.24. The van der Waals surface area contributed by atoms with Crippen molar-refractivity contribution < 1.29 is 22.1 Å². The van der Waals surface area contributed by atoms with Gasteiger partial charge in [0, 0.05) is 11.8 Å². The summed E-state index contributed by atoms with van der Waals surface area (Å²) in [5.74, 6) is 0.654. The number of nitro groups is 1. The van der Waals surface area contributed by atoms with Crippen LogP contribution >= 0.6 is 11.8 Å². The average molecular weight is 277 g/mol. The summed E-state index contributed by atoms with van der Waals surface area (Å²) >= 11 is 1.12. The van der Waals surface area contributed by atoms with E-state index in [1.54, 1.807) is 6.07 Å². The zero-order valence-electron chi connectivity index (χ0n) is 8.97. The van der Waals surface area contributed by atoms with Crippen LogP contribution in [0.1, 0.15) is 5.56 Å². The SMILES string of the molecule is COc1ccc(CSC(=N)N)cc1[N+](=O)[O-].[Cl-]. The number of thioether (sulfide) groups is 1. The fourth-order valence-corrected chi connectivity index (χ4v) is 1.63. The lowest BCUT2D eigenvalue weighted by Crippen LogP contribution is -3.00. The molecule has 0 saturated carbocycles. The van der Waals surface area contributed by atoms with Gasteiger partial charge in [0.1, 0.15) is 0 Å². The van der Waals surface area contributed by atoms with Gasteiger partial charge in [-0.3, -0.25) is 15.5 Å². The van der Waals surface area contributed by atoms with Crippen LogP contribution in [0.4, 0.5) is 5.69 Å². The van der Waals surface area contributed by atoms with Gasteiger partial charge in [0.05, 0.1) is 12.0 Å². The number of nitrogens with zero attached hydrogens (tertiary/aromatic N) is 1. The Labute approximate surface area is 109 Å². The molecule has 1 rings (SSSR count). The molecule has 0 amide bonds.